The zero-order valence-electron chi connectivity index (χ0n) is 14.6. The maximum atomic E-state index is 12.9. The van der Waals surface area contributed by atoms with E-state index in [0.29, 0.717) is 38.3 Å². The van der Waals surface area contributed by atoms with Crippen LogP contribution in [0.25, 0.3) is 0 Å². The molecule has 0 aromatic heterocycles. The third-order valence-corrected chi connectivity index (χ3v) is 4.70. The highest BCUT2D eigenvalue weighted by molar-refractivity contribution is 6.35. The fraction of sp³-hybridized carbons (Fsp3) is 0.158. The summed E-state index contributed by atoms with van der Waals surface area (Å²) in [6.07, 6.45) is 0. The number of carbonyl (C=O) groups is 2. The Kier molecular flexibility index (Phi) is 5.58. The first-order chi connectivity index (χ1) is 12.9. The molecule has 0 radical (unpaired) electrons. The van der Waals surface area contributed by atoms with Crippen molar-refractivity contribution >= 4 is 40.8 Å². The van der Waals surface area contributed by atoms with Crippen molar-refractivity contribution in [2.75, 3.05) is 12.4 Å². The van der Waals surface area contributed by atoms with Crippen LogP contribution < -0.4 is 20.7 Å². The number of anilines is 1. The lowest BCUT2D eigenvalue weighted by Gasteiger charge is -2.29. The molecule has 3 N–H and O–H groups in total. The smallest absolute Gasteiger partial charge is 0.319 e. The maximum Gasteiger partial charge on any atom is 0.319 e. The van der Waals surface area contributed by atoms with E-state index in [1.165, 1.54) is 0 Å². The topological polar surface area (TPSA) is 79.5 Å². The monoisotopic (exact) mass is 405 g/mol. The molecule has 0 unspecified atom stereocenters. The lowest BCUT2D eigenvalue weighted by Crippen LogP contribution is -2.46. The van der Waals surface area contributed by atoms with E-state index in [9.17, 15) is 9.59 Å². The van der Waals surface area contributed by atoms with Crippen LogP contribution in [-0.4, -0.2) is 19.0 Å². The first kappa shape index (κ1) is 19.1. The van der Waals surface area contributed by atoms with Gasteiger partial charge < -0.3 is 20.7 Å². The third-order valence-electron chi connectivity index (χ3n) is 4.14. The highest BCUT2D eigenvalue weighted by Crippen LogP contribution is 2.33. The zero-order chi connectivity index (χ0) is 19.6. The Hall–Kier alpha value is -2.70. The van der Waals surface area contributed by atoms with Crippen molar-refractivity contribution in [2.45, 2.75) is 13.0 Å². The van der Waals surface area contributed by atoms with Gasteiger partial charge in [0.2, 0.25) is 0 Å². The SMILES string of the molecule is COc1ccc(NC(=O)C2=C(C)NC(=O)N[C@H]2c2ccc(Cl)cc2Cl)cc1. The summed E-state index contributed by atoms with van der Waals surface area (Å²) in [4.78, 5) is 24.9. The van der Waals surface area contributed by atoms with Gasteiger partial charge in [-0.2, -0.15) is 0 Å². The van der Waals surface area contributed by atoms with Crippen LogP contribution in [0.5, 0.6) is 5.75 Å². The summed E-state index contributed by atoms with van der Waals surface area (Å²) in [6.45, 7) is 1.67. The minimum atomic E-state index is -0.707. The number of amides is 3. The number of allylic oxidation sites excluding steroid dienone is 1. The van der Waals surface area contributed by atoms with Gasteiger partial charge in [0.25, 0.3) is 5.91 Å². The van der Waals surface area contributed by atoms with Gasteiger partial charge in [0.05, 0.1) is 18.7 Å². The van der Waals surface area contributed by atoms with Crippen molar-refractivity contribution in [3.8, 4) is 5.75 Å². The summed E-state index contributed by atoms with van der Waals surface area (Å²) in [5.74, 6) is 0.321. The third kappa shape index (κ3) is 4.18. The van der Waals surface area contributed by atoms with Crippen LogP contribution in [0.15, 0.2) is 53.7 Å². The van der Waals surface area contributed by atoms with Crippen molar-refractivity contribution in [3.05, 3.63) is 69.3 Å². The Morgan fingerprint density at radius 3 is 2.48 bits per heavy atom. The van der Waals surface area contributed by atoms with Gasteiger partial charge in [-0.15, -0.1) is 0 Å². The van der Waals surface area contributed by atoms with Crippen molar-refractivity contribution in [1.82, 2.24) is 10.6 Å². The van der Waals surface area contributed by atoms with Crippen molar-refractivity contribution in [2.24, 2.45) is 0 Å². The van der Waals surface area contributed by atoms with E-state index in [-0.39, 0.29) is 5.91 Å². The number of methoxy groups -OCH3 is 1. The molecule has 0 bridgehead atoms. The molecule has 2 aromatic rings. The molecule has 2 aromatic carbocycles. The molecule has 3 rings (SSSR count). The van der Waals surface area contributed by atoms with Crippen LogP contribution in [0.2, 0.25) is 10.0 Å². The minimum Gasteiger partial charge on any atom is -0.497 e. The van der Waals surface area contributed by atoms with Crippen LogP contribution in [-0.2, 0) is 4.79 Å². The Labute approximate surface area is 166 Å². The largest absolute Gasteiger partial charge is 0.497 e. The Bertz CT molecular complexity index is 926. The average Bonchev–Trinajstić information content (AvgIpc) is 2.61. The molecule has 0 fully saturated rings. The number of rotatable bonds is 4. The molecule has 3 amide bonds. The van der Waals surface area contributed by atoms with Gasteiger partial charge in [-0.05, 0) is 48.9 Å². The van der Waals surface area contributed by atoms with Gasteiger partial charge >= 0.3 is 6.03 Å². The summed E-state index contributed by atoms with van der Waals surface area (Å²) >= 11 is 12.3. The molecule has 27 heavy (non-hydrogen) atoms. The minimum absolute atomic E-state index is 0.356. The predicted molar refractivity (Wildman–Crippen MR) is 105 cm³/mol. The second kappa shape index (κ2) is 7.90. The molecule has 1 aliphatic rings. The van der Waals surface area contributed by atoms with E-state index in [1.807, 2.05) is 0 Å². The van der Waals surface area contributed by atoms with Crippen LogP contribution in [0.3, 0.4) is 0 Å². The van der Waals surface area contributed by atoms with Gasteiger partial charge in [0, 0.05) is 21.4 Å². The molecule has 0 spiro atoms. The Morgan fingerprint density at radius 1 is 1.15 bits per heavy atom. The van der Waals surface area contributed by atoms with Gasteiger partial charge in [-0.3, -0.25) is 4.79 Å². The van der Waals surface area contributed by atoms with Crippen LogP contribution in [0.1, 0.15) is 18.5 Å². The molecular formula is C19H17Cl2N3O3. The molecule has 1 aliphatic heterocycles. The number of benzene rings is 2. The van der Waals surface area contributed by atoms with Gasteiger partial charge in [-0.1, -0.05) is 29.3 Å². The fourth-order valence-electron chi connectivity index (χ4n) is 2.84. The number of hydrogen-bond donors (Lipinski definition) is 3. The van der Waals surface area contributed by atoms with E-state index in [1.54, 1.807) is 56.5 Å². The van der Waals surface area contributed by atoms with E-state index >= 15 is 0 Å². The van der Waals surface area contributed by atoms with E-state index in [0.717, 1.165) is 0 Å². The second-order valence-electron chi connectivity index (χ2n) is 5.92. The lowest BCUT2D eigenvalue weighted by molar-refractivity contribution is -0.113. The average molecular weight is 406 g/mol. The highest BCUT2D eigenvalue weighted by atomic mass is 35.5. The summed E-state index contributed by atoms with van der Waals surface area (Å²) in [7, 11) is 1.57. The van der Waals surface area contributed by atoms with Gasteiger partial charge in [0.1, 0.15) is 5.75 Å². The van der Waals surface area contributed by atoms with Crippen molar-refractivity contribution in [3.63, 3.8) is 0 Å². The number of hydrogen-bond acceptors (Lipinski definition) is 3. The molecule has 0 saturated carbocycles. The van der Waals surface area contributed by atoms with Crippen LogP contribution >= 0.6 is 23.2 Å². The molecule has 6 nitrogen and oxygen atoms in total. The van der Waals surface area contributed by atoms with E-state index < -0.39 is 12.1 Å². The maximum absolute atomic E-state index is 12.9. The number of halogens is 2. The molecule has 1 heterocycles. The molecule has 1 atom stereocenters. The van der Waals surface area contributed by atoms with Gasteiger partial charge in [-0.25, -0.2) is 4.79 Å². The molecule has 0 saturated heterocycles. The quantitative estimate of drug-likeness (QED) is 0.710. The normalized spacial score (nSPS) is 16.4. The van der Waals surface area contributed by atoms with Crippen molar-refractivity contribution < 1.29 is 14.3 Å². The number of nitrogens with one attached hydrogen (secondary N) is 3. The Morgan fingerprint density at radius 2 is 1.85 bits per heavy atom. The van der Waals surface area contributed by atoms with Crippen molar-refractivity contribution in [1.29, 1.82) is 0 Å². The summed E-state index contributed by atoms with van der Waals surface area (Å²) in [5, 5.41) is 9.02. The summed E-state index contributed by atoms with van der Waals surface area (Å²) in [5.41, 5.74) is 1.98. The lowest BCUT2D eigenvalue weighted by atomic mass is 9.94. The van der Waals surface area contributed by atoms with Crippen LogP contribution in [0, 0.1) is 0 Å². The zero-order valence-corrected chi connectivity index (χ0v) is 16.1. The van der Waals surface area contributed by atoms with E-state index in [4.69, 9.17) is 27.9 Å². The first-order valence-electron chi connectivity index (χ1n) is 8.07. The number of ether oxygens (including phenoxy) is 1. The number of urea groups is 1. The summed E-state index contributed by atoms with van der Waals surface area (Å²) < 4.78 is 5.11. The molecule has 0 aliphatic carbocycles. The predicted octanol–water partition coefficient (Wildman–Crippen LogP) is 4.27. The standard InChI is InChI=1S/C19H17Cl2N3O3/c1-10-16(18(25)23-12-4-6-13(27-2)7-5-12)17(24-19(26)22-10)14-8-3-11(20)9-15(14)21/h3-9,17H,1-2H3,(H,23,25)(H2,22,24,26)/t17-/m0/s1. The Balaban J connectivity index is 1.94. The van der Waals surface area contributed by atoms with Gasteiger partial charge in [0.15, 0.2) is 0 Å². The molecule has 140 valence electrons. The molecule has 8 heteroatoms. The van der Waals surface area contributed by atoms with Crippen LogP contribution in [0.4, 0.5) is 10.5 Å². The molecular weight excluding hydrogens is 389 g/mol. The fourth-order valence-corrected chi connectivity index (χ4v) is 3.35. The second-order valence-corrected chi connectivity index (χ2v) is 6.76. The number of carbonyl (C=O) groups excluding carboxylic acids is 2. The van der Waals surface area contributed by atoms with E-state index in [2.05, 4.69) is 16.0 Å². The highest BCUT2D eigenvalue weighted by Gasteiger charge is 2.32. The first-order valence-corrected chi connectivity index (χ1v) is 8.83. The summed E-state index contributed by atoms with van der Waals surface area (Å²) in [6, 6.07) is 10.7.